The number of para-hydroxylation sites is 2. The van der Waals surface area contributed by atoms with E-state index in [1.807, 2.05) is 31.2 Å². The summed E-state index contributed by atoms with van der Waals surface area (Å²) < 4.78 is 11.0. The molecule has 23 heavy (non-hydrogen) atoms. The highest BCUT2D eigenvalue weighted by Crippen LogP contribution is 2.31. The van der Waals surface area contributed by atoms with Crippen LogP contribution in [0.15, 0.2) is 24.3 Å². The summed E-state index contributed by atoms with van der Waals surface area (Å²) in [5.41, 5.74) is 0.726. The SMILES string of the molecule is C[C@@H](NC(=O)CCN1C(=O)COc2ccccc21)[C@@H]1CCCO1. The zero-order valence-electron chi connectivity index (χ0n) is 13.3. The van der Waals surface area contributed by atoms with Crippen molar-refractivity contribution >= 4 is 17.5 Å². The van der Waals surface area contributed by atoms with E-state index >= 15 is 0 Å². The van der Waals surface area contributed by atoms with Crippen LogP contribution in [0.2, 0.25) is 0 Å². The third-order valence-corrected chi connectivity index (χ3v) is 4.28. The minimum absolute atomic E-state index is 0.00215. The van der Waals surface area contributed by atoms with E-state index < -0.39 is 0 Å². The van der Waals surface area contributed by atoms with Crippen LogP contribution in [-0.2, 0) is 14.3 Å². The molecule has 2 aliphatic heterocycles. The molecule has 124 valence electrons. The molecule has 0 unspecified atom stereocenters. The lowest BCUT2D eigenvalue weighted by atomic mass is 10.1. The van der Waals surface area contributed by atoms with Crippen molar-refractivity contribution in [1.82, 2.24) is 5.32 Å². The first-order chi connectivity index (χ1) is 11.1. The van der Waals surface area contributed by atoms with Crippen LogP contribution < -0.4 is 15.0 Å². The van der Waals surface area contributed by atoms with E-state index in [0.717, 1.165) is 25.1 Å². The molecule has 3 rings (SSSR count). The number of carbonyl (C=O) groups excluding carboxylic acids is 2. The van der Waals surface area contributed by atoms with Crippen molar-refractivity contribution in [3.63, 3.8) is 0 Å². The molecule has 6 heteroatoms. The van der Waals surface area contributed by atoms with Gasteiger partial charge >= 0.3 is 0 Å². The summed E-state index contributed by atoms with van der Waals surface area (Å²) in [6.07, 6.45) is 2.39. The number of nitrogens with one attached hydrogen (secondary N) is 1. The zero-order chi connectivity index (χ0) is 16.2. The van der Waals surface area contributed by atoms with Crippen LogP contribution >= 0.6 is 0 Å². The molecule has 1 saturated heterocycles. The first-order valence-corrected chi connectivity index (χ1v) is 8.08. The van der Waals surface area contributed by atoms with Gasteiger partial charge in [-0.3, -0.25) is 9.59 Å². The lowest BCUT2D eigenvalue weighted by molar-refractivity contribution is -0.123. The van der Waals surface area contributed by atoms with E-state index in [2.05, 4.69) is 5.32 Å². The van der Waals surface area contributed by atoms with Crippen LogP contribution in [0.4, 0.5) is 5.69 Å². The Morgan fingerprint density at radius 2 is 2.26 bits per heavy atom. The predicted molar refractivity (Wildman–Crippen MR) is 85.5 cm³/mol. The summed E-state index contributed by atoms with van der Waals surface area (Å²) >= 11 is 0. The second-order valence-electron chi connectivity index (χ2n) is 5.96. The van der Waals surface area contributed by atoms with Crippen LogP contribution in [0.25, 0.3) is 0 Å². The van der Waals surface area contributed by atoms with Gasteiger partial charge in [-0.25, -0.2) is 0 Å². The summed E-state index contributed by atoms with van der Waals surface area (Å²) in [7, 11) is 0. The van der Waals surface area contributed by atoms with E-state index in [1.165, 1.54) is 0 Å². The minimum atomic E-state index is -0.122. The van der Waals surface area contributed by atoms with Gasteiger partial charge < -0.3 is 19.7 Å². The number of carbonyl (C=O) groups is 2. The van der Waals surface area contributed by atoms with Gasteiger partial charge in [-0.1, -0.05) is 12.1 Å². The molecule has 0 radical (unpaired) electrons. The largest absolute Gasteiger partial charge is 0.482 e. The molecular formula is C17H22N2O4. The number of amides is 2. The van der Waals surface area contributed by atoms with Crippen molar-refractivity contribution in [1.29, 1.82) is 0 Å². The first kappa shape index (κ1) is 15.8. The molecule has 2 heterocycles. The number of hydrogen-bond acceptors (Lipinski definition) is 4. The molecule has 6 nitrogen and oxygen atoms in total. The molecule has 0 bridgehead atoms. The van der Waals surface area contributed by atoms with E-state index in [1.54, 1.807) is 4.90 Å². The predicted octanol–water partition coefficient (Wildman–Crippen LogP) is 1.49. The van der Waals surface area contributed by atoms with E-state index in [4.69, 9.17) is 9.47 Å². The molecule has 1 aromatic carbocycles. The van der Waals surface area contributed by atoms with Crippen LogP contribution in [0.3, 0.4) is 0 Å². The summed E-state index contributed by atoms with van der Waals surface area (Å²) in [4.78, 5) is 25.8. The monoisotopic (exact) mass is 318 g/mol. The standard InChI is InChI=1S/C17H22N2O4/c1-12(14-7-4-10-22-14)18-16(20)8-9-19-13-5-2-3-6-15(13)23-11-17(19)21/h2-3,5-6,12,14H,4,7-11H2,1H3,(H,18,20)/t12-,14+/m1/s1. The number of benzene rings is 1. The van der Waals surface area contributed by atoms with Crippen LogP contribution in [0, 0.1) is 0 Å². The Kier molecular flexibility index (Phi) is 4.81. The van der Waals surface area contributed by atoms with Gasteiger partial charge in [0.05, 0.1) is 17.8 Å². The highest BCUT2D eigenvalue weighted by Gasteiger charge is 2.27. The van der Waals surface area contributed by atoms with Gasteiger partial charge in [-0.05, 0) is 31.9 Å². The maximum absolute atomic E-state index is 12.1. The number of fused-ring (bicyclic) bond motifs is 1. The number of ether oxygens (including phenoxy) is 2. The van der Waals surface area contributed by atoms with Crippen molar-refractivity contribution in [2.45, 2.75) is 38.3 Å². The van der Waals surface area contributed by atoms with E-state index in [0.29, 0.717) is 12.3 Å². The third kappa shape index (κ3) is 3.64. The molecule has 1 N–H and O–H groups in total. The summed E-state index contributed by atoms with van der Waals surface area (Å²) in [5.74, 6) is 0.494. The smallest absolute Gasteiger partial charge is 0.265 e. The topological polar surface area (TPSA) is 67.9 Å². The Morgan fingerprint density at radius 3 is 3.04 bits per heavy atom. The van der Waals surface area contributed by atoms with Gasteiger partial charge in [-0.15, -0.1) is 0 Å². The average molecular weight is 318 g/mol. The maximum atomic E-state index is 12.1. The maximum Gasteiger partial charge on any atom is 0.265 e. The second kappa shape index (κ2) is 7.00. The number of hydrogen-bond donors (Lipinski definition) is 1. The van der Waals surface area contributed by atoms with Crippen LogP contribution in [-0.4, -0.2) is 43.7 Å². The Labute approximate surface area is 135 Å². The van der Waals surface area contributed by atoms with Gasteiger partial charge in [0.1, 0.15) is 5.75 Å². The molecule has 0 spiro atoms. The summed E-state index contributed by atoms with van der Waals surface area (Å²) in [6, 6.07) is 7.38. The fourth-order valence-corrected chi connectivity index (χ4v) is 3.03. The van der Waals surface area contributed by atoms with E-state index in [9.17, 15) is 9.59 Å². The zero-order valence-corrected chi connectivity index (χ0v) is 13.3. The van der Waals surface area contributed by atoms with E-state index in [-0.39, 0.29) is 37.0 Å². The second-order valence-corrected chi connectivity index (χ2v) is 5.96. The minimum Gasteiger partial charge on any atom is -0.482 e. The molecule has 1 fully saturated rings. The number of anilines is 1. The first-order valence-electron chi connectivity index (χ1n) is 8.08. The lowest BCUT2D eigenvalue weighted by Gasteiger charge is -2.29. The molecule has 0 saturated carbocycles. The molecular weight excluding hydrogens is 296 g/mol. The van der Waals surface area contributed by atoms with Crippen molar-refractivity contribution < 1.29 is 19.1 Å². The Balaban J connectivity index is 1.55. The highest BCUT2D eigenvalue weighted by atomic mass is 16.5. The fraction of sp³-hybridized carbons (Fsp3) is 0.529. The Morgan fingerprint density at radius 1 is 1.43 bits per heavy atom. The van der Waals surface area contributed by atoms with Crippen LogP contribution in [0.1, 0.15) is 26.2 Å². The molecule has 1 aromatic rings. The molecule has 2 aliphatic rings. The van der Waals surface area contributed by atoms with Crippen LogP contribution in [0.5, 0.6) is 5.75 Å². The number of nitrogens with zero attached hydrogens (tertiary/aromatic N) is 1. The Hall–Kier alpha value is -2.08. The average Bonchev–Trinajstić information content (AvgIpc) is 3.08. The Bertz CT molecular complexity index is 584. The van der Waals surface area contributed by atoms with Gasteiger partial charge in [0, 0.05) is 19.6 Å². The third-order valence-electron chi connectivity index (χ3n) is 4.28. The fourth-order valence-electron chi connectivity index (χ4n) is 3.03. The normalized spacial score (nSPS) is 21.5. The molecule has 0 aromatic heterocycles. The quantitative estimate of drug-likeness (QED) is 0.893. The summed E-state index contributed by atoms with van der Waals surface area (Å²) in [5, 5.41) is 2.97. The molecule has 0 aliphatic carbocycles. The number of rotatable bonds is 5. The van der Waals surface area contributed by atoms with Crippen molar-refractivity contribution in [3.05, 3.63) is 24.3 Å². The van der Waals surface area contributed by atoms with Crippen molar-refractivity contribution in [3.8, 4) is 5.75 Å². The molecule has 2 atom stereocenters. The van der Waals surface area contributed by atoms with Gasteiger partial charge in [-0.2, -0.15) is 0 Å². The lowest BCUT2D eigenvalue weighted by Crippen LogP contribution is -2.44. The van der Waals surface area contributed by atoms with Crippen molar-refractivity contribution in [2.24, 2.45) is 0 Å². The van der Waals surface area contributed by atoms with Gasteiger partial charge in [0.15, 0.2) is 6.61 Å². The highest BCUT2D eigenvalue weighted by molar-refractivity contribution is 5.98. The van der Waals surface area contributed by atoms with Gasteiger partial charge in [0.2, 0.25) is 5.91 Å². The molecule has 2 amide bonds. The van der Waals surface area contributed by atoms with Gasteiger partial charge in [0.25, 0.3) is 5.91 Å². The summed E-state index contributed by atoms with van der Waals surface area (Å²) in [6.45, 7) is 3.10. The van der Waals surface area contributed by atoms with Crippen molar-refractivity contribution in [2.75, 3.05) is 24.7 Å².